The molecule has 0 fully saturated rings. The number of hydrogen-bond donors (Lipinski definition) is 0. The molecule has 7 aliphatic carbocycles. The minimum Gasteiger partial charge on any atom is -0.0683 e. The van der Waals surface area contributed by atoms with Gasteiger partial charge in [-0.2, -0.15) is 0 Å². The van der Waals surface area contributed by atoms with Crippen LogP contribution >= 0.6 is 0 Å². The fourth-order valence-electron chi connectivity index (χ4n) is 26.1. The maximum atomic E-state index is 2.44. The zero-order chi connectivity index (χ0) is 92.6. The van der Waals surface area contributed by atoms with Crippen molar-refractivity contribution in [3.8, 4) is 22.3 Å². The lowest BCUT2D eigenvalue weighted by Gasteiger charge is -2.51. The van der Waals surface area contributed by atoms with Gasteiger partial charge in [-0.15, -0.1) is 0 Å². The second-order valence-electron chi connectivity index (χ2n) is 38.9. The Morgan fingerprint density at radius 1 is 0.140 bits per heavy atom. The summed E-state index contributed by atoms with van der Waals surface area (Å²) in [5.74, 6) is 0. The fourth-order valence-corrected chi connectivity index (χ4v) is 26.1. The highest BCUT2D eigenvalue weighted by atomic mass is 14.7. The topological polar surface area (TPSA) is 0 Å². The van der Waals surface area contributed by atoms with E-state index < -0.39 is 0 Å². The maximum absolute atomic E-state index is 2.44. The SMILES string of the molecule is CC.CC.CC.CC.CC.CC1(C)CC(c2ccccc2)(c2ccccc2)c2ccccc21.CC1(C)CC2(c3ccccc3-c3ccccc32)c2ccccc21.CC1(C)c2ccccc2C(C)(C)C1(c1ccccc1)c1ccccc1.CC1(C)c2ccccc2C(C)(C)C12c1ccccc1-c1ccccc12.CC1(c2ccccc2)CC(C)(c2ccccc2)c2ccccc21. The fraction of sp³-hybridized carbons (Fsp3) is 0.302. The molecule has 0 saturated heterocycles. The molecule has 0 amide bonds. The largest absolute Gasteiger partial charge is 0.0683 e. The highest BCUT2D eigenvalue weighted by Gasteiger charge is 2.68. The van der Waals surface area contributed by atoms with E-state index in [1.807, 2.05) is 69.2 Å². The average molecular weight is 1690 g/mol. The molecule has 2 atom stereocenters. The monoisotopic (exact) mass is 1690 g/mol. The minimum atomic E-state index is -0.119. The molecule has 0 aromatic heterocycles. The third-order valence-corrected chi connectivity index (χ3v) is 30.6. The Hall–Kier alpha value is -11.7. The third-order valence-electron chi connectivity index (χ3n) is 30.6. The van der Waals surface area contributed by atoms with Gasteiger partial charge in [0.1, 0.15) is 0 Å². The van der Waals surface area contributed by atoms with E-state index in [0.29, 0.717) is 0 Å². The normalized spacial score (nSPS) is 19.0. The molecule has 0 nitrogen and oxygen atoms in total. The van der Waals surface area contributed by atoms with Crippen molar-refractivity contribution in [2.45, 2.75) is 250 Å². The van der Waals surface area contributed by atoms with Gasteiger partial charge in [-0.1, -0.05) is 567 Å². The van der Waals surface area contributed by atoms with Gasteiger partial charge in [0.25, 0.3) is 0 Å². The Morgan fingerprint density at radius 3 is 0.612 bits per heavy atom. The Morgan fingerprint density at radius 2 is 0.326 bits per heavy atom. The summed E-state index contributed by atoms with van der Waals surface area (Å²) in [5.41, 5.74) is 35.1. The second-order valence-corrected chi connectivity index (χ2v) is 38.9. The van der Waals surface area contributed by atoms with Crippen LogP contribution in [0.3, 0.4) is 0 Å². The van der Waals surface area contributed by atoms with Crippen LogP contribution in [0.2, 0.25) is 0 Å². The molecule has 0 radical (unpaired) electrons. The van der Waals surface area contributed by atoms with Crippen LogP contribution < -0.4 is 0 Å². The number of fused-ring (bicyclic) bond motifs is 16. The number of rotatable bonds is 6. The summed E-state index contributed by atoms with van der Waals surface area (Å²) in [4.78, 5) is 0. The Labute approximate surface area is 778 Å². The third kappa shape index (κ3) is 15.1. The Kier molecular flexibility index (Phi) is 28.1. The highest BCUT2D eigenvalue weighted by molar-refractivity contribution is 5.87. The maximum Gasteiger partial charge on any atom is 0.0474 e. The van der Waals surface area contributed by atoms with Crippen molar-refractivity contribution in [2.24, 2.45) is 0 Å². The van der Waals surface area contributed by atoms with E-state index >= 15 is 0 Å². The van der Waals surface area contributed by atoms with E-state index in [9.17, 15) is 0 Å². The lowest BCUT2D eigenvalue weighted by atomic mass is 9.51. The van der Waals surface area contributed by atoms with Crippen molar-refractivity contribution in [1.82, 2.24) is 0 Å². The van der Waals surface area contributed by atoms with Gasteiger partial charge in [-0.05, 0) is 164 Å². The van der Waals surface area contributed by atoms with Crippen molar-refractivity contribution in [3.05, 3.63) is 512 Å². The van der Waals surface area contributed by atoms with Gasteiger partial charge >= 0.3 is 0 Å². The molecule has 0 saturated carbocycles. The van der Waals surface area contributed by atoms with E-state index in [1.54, 1.807) is 0 Å². The predicted molar refractivity (Wildman–Crippen MR) is 558 cm³/mol. The predicted octanol–water partition coefficient (Wildman–Crippen LogP) is 34.7. The first-order chi connectivity index (χ1) is 62.3. The van der Waals surface area contributed by atoms with Crippen molar-refractivity contribution in [2.75, 3.05) is 0 Å². The van der Waals surface area contributed by atoms with E-state index in [1.165, 1.54) is 134 Å². The summed E-state index contributed by atoms with van der Waals surface area (Å²) < 4.78 is 0. The molecule has 7 aliphatic rings. The molecule has 2 unspecified atom stereocenters. The lowest BCUT2D eigenvalue weighted by Crippen LogP contribution is -2.52. The Balaban J connectivity index is 0.000000134. The molecule has 22 rings (SSSR count). The van der Waals surface area contributed by atoms with Gasteiger partial charge < -0.3 is 0 Å². The first-order valence-electron chi connectivity index (χ1n) is 48.5. The van der Waals surface area contributed by atoms with Crippen LogP contribution in [0.15, 0.2) is 400 Å². The zero-order valence-corrected chi connectivity index (χ0v) is 82.2. The van der Waals surface area contributed by atoms with Gasteiger partial charge in [-0.25, -0.2) is 0 Å². The van der Waals surface area contributed by atoms with E-state index in [-0.39, 0.29) is 65.0 Å². The molecule has 0 heteroatoms. The molecule has 0 N–H and O–H groups in total. The molecule has 15 aromatic rings. The molecule has 0 bridgehead atoms. The number of hydrogen-bond acceptors (Lipinski definition) is 0. The van der Waals surface area contributed by atoms with Gasteiger partial charge in [0.15, 0.2) is 0 Å². The summed E-state index contributed by atoms with van der Waals surface area (Å²) in [7, 11) is 0. The van der Waals surface area contributed by atoms with E-state index in [2.05, 4.69) is 497 Å². The lowest BCUT2D eigenvalue weighted by molar-refractivity contribution is 0.225. The summed E-state index contributed by atoms with van der Waals surface area (Å²) in [5, 5.41) is 0. The van der Waals surface area contributed by atoms with Crippen LogP contribution in [-0.2, 0) is 65.0 Å². The van der Waals surface area contributed by atoms with Crippen LogP contribution in [0, 0.1) is 0 Å². The zero-order valence-electron chi connectivity index (χ0n) is 82.2. The van der Waals surface area contributed by atoms with E-state index in [0.717, 1.165) is 19.3 Å². The summed E-state index contributed by atoms with van der Waals surface area (Å²) in [6.07, 6.45) is 3.36. The quantitative estimate of drug-likeness (QED) is 0.156. The first-order valence-corrected chi connectivity index (χ1v) is 48.5. The van der Waals surface area contributed by atoms with Crippen LogP contribution in [0.5, 0.6) is 0 Å². The molecule has 0 aliphatic heterocycles. The summed E-state index contributed by atoms with van der Waals surface area (Å²) in [6, 6.07) is 147. The van der Waals surface area contributed by atoms with Gasteiger partial charge in [-0.3, -0.25) is 0 Å². The average Bonchev–Trinajstić information content (AvgIpc) is 1.52. The molecule has 0 heterocycles. The smallest absolute Gasteiger partial charge is 0.0474 e. The molecule has 2 spiro atoms. The van der Waals surface area contributed by atoms with Crippen molar-refractivity contribution in [3.63, 3.8) is 0 Å². The number of benzene rings is 15. The summed E-state index contributed by atoms with van der Waals surface area (Å²) in [6.45, 7) is 53.8. The van der Waals surface area contributed by atoms with Crippen molar-refractivity contribution in [1.29, 1.82) is 0 Å². The first kappa shape index (κ1) is 94.9. The molecular weight excluding hydrogens is 1550 g/mol. The second kappa shape index (κ2) is 38.2. The molecule has 129 heavy (non-hydrogen) atoms. The van der Waals surface area contributed by atoms with Crippen molar-refractivity contribution >= 4 is 0 Å². The van der Waals surface area contributed by atoms with Crippen LogP contribution in [0.4, 0.5) is 0 Å². The van der Waals surface area contributed by atoms with Crippen LogP contribution in [-0.4, -0.2) is 0 Å². The molecule has 15 aromatic carbocycles. The summed E-state index contributed by atoms with van der Waals surface area (Å²) >= 11 is 0. The standard InChI is InChI=1S/C25H24.C25H26.C23H20.2C23H22.5C2H6/c1-23(2)21-15-9-10-16-22(21)24(3,4)25(23)19-13-7-5-11-17(19)18-12-6-8-14-20(18)25;1-23(2)21-17-11-12-18-22(21)24(3,4)25(23,19-13-7-5-8-14-19)20-15-9-6-10-16-20;1-22(2)15-23(21-14-8-7-13-20(21)22)18-11-5-3-9-16(18)17-10-4-6-12-19(17)23;1-22(18-11-5-3-6-12-18)17-23(2,19-13-7-4-8-14-19)21-16-10-9-15-20(21)22;1-22(2)17-23(18-11-5-3-6-12-18,19-13-7-4-8-14-19)21-16-10-9-15-20(21)22;5*1-2/h5-16H,1-4H3;5-18H,1-4H3;3-14H,15H2,1-2H3;2*3-16H,17H2,1-2H3;5*1-2H3. The Bertz CT molecular complexity index is 5790. The minimum absolute atomic E-state index is 0.0181. The van der Waals surface area contributed by atoms with Gasteiger partial charge in [0, 0.05) is 54.1 Å². The highest BCUT2D eigenvalue weighted by Crippen LogP contribution is 2.72. The van der Waals surface area contributed by atoms with Gasteiger partial charge in [0.05, 0.1) is 0 Å². The van der Waals surface area contributed by atoms with Crippen LogP contribution in [0.25, 0.3) is 22.3 Å². The van der Waals surface area contributed by atoms with Crippen molar-refractivity contribution < 1.29 is 0 Å². The van der Waals surface area contributed by atoms with Gasteiger partial charge in [0.2, 0.25) is 0 Å². The van der Waals surface area contributed by atoms with Crippen LogP contribution in [0.1, 0.15) is 297 Å². The van der Waals surface area contributed by atoms with E-state index in [4.69, 9.17) is 0 Å². The molecule has 660 valence electrons. The molecular formula is C129H144.